The Kier molecular flexibility index (Phi) is 2.33. The van der Waals surface area contributed by atoms with Gasteiger partial charge in [0.1, 0.15) is 0 Å². The Hall–Kier alpha value is -0.870. The molecule has 14 heavy (non-hydrogen) atoms. The summed E-state index contributed by atoms with van der Waals surface area (Å²) in [5.74, 6) is 0. The number of hydrogen-bond donors (Lipinski definition) is 2. The van der Waals surface area contributed by atoms with E-state index in [4.69, 9.17) is 0 Å². The fraction of sp³-hybridized carbons (Fsp3) is 0.700. The summed E-state index contributed by atoms with van der Waals surface area (Å²) in [6.07, 6.45) is 1.65. The number of hydrogen-bond acceptors (Lipinski definition) is 3. The number of nitrogens with zero attached hydrogens (tertiary/aromatic N) is 2. The van der Waals surface area contributed by atoms with Crippen molar-refractivity contribution in [1.82, 2.24) is 15.1 Å². The molecule has 2 N–H and O–H groups in total. The summed E-state index contributed by atoms with van der Waals surface area (Å²) >= 11 is 0. The van der Waals surface area contributed by atoms with E-state index < -0.39 is 5.60 Å². The number of aryl methyl sites for hydroxylation is 2. The molecular formula is C10H17N3O. The first-order chi connectivity index (χ1) is 6.63. The largest absolute Gasteiger partial charge is 0.387 e. The third-order valence-electron chi connectivity index (χ3n) is 2.81. The van der Waals surface area contributed by atoms with Gasteiger partial charge in [0.25, 0.3) is 0 Å². The maximum atomic E-state index is 9.97. The smallest absolute Gasteiger partial charge is 0.0950 e. The lowest BCUT2D eigenvalue weighted by atomic mass is 9.91. The summed E-state index contributed by atoms with van der Waals surface area (Å²) in [7, 11) is 1.93. The lowest BCUT2D eigenvalue weighted by molar-refractivity contribution is -0.0105. The standard InChI is InChI=1S/C10H17N3O/c1-3-8-4-9(13(2)12-8)5-10(14)6-11-7-10/h4,11,14H,3,5-7H2,1-2H3. The summed E-state index contributed by atoms with van der Waals surface area (Å²) in [5.41, 5.74) is 1.67. The minimum atomic E-state index is -0.543. The molecular weight excluding hydrogens is 178 g/mol. The molecule has 0 unspecified atom stereocenters. The van der Waals surface area contributed by atoms with Gasteiger partial charge in [-0.1, -0.05) is 6.92 Å². The topological polar surface area (TPSA) is 50.1 Å². The van der Waals surface area contributed by atoms with E-state index in [1.165, 1.54) is 0 Å². The van der Waals surface area contributed by atoms with Gasteiger partial charge < -0.3 is 10.4 Å². The van der Waals surface area contributed by atoms with Crippen molar-refractivity contribution in [3.63, 3.8) is 0 Å². The Morgan fingerprint density at radius 3 is 2.79 bits per heavy atom. The van der Waals surface area contributed by atoms with Crippen molar-refractivity contribution in [3.8, 4) is 0 Å². The zero-order valence-electron chi connectivity index (χ0n) is 8.75. The van der Waals surface area contributed by atoms with Gasteiger partial charge in [-0.25, -0.2) is 0 Å². The van der Waals surface area contributed by atoms with Gasteiger partial charge in [0.05, 0.1) is 11.3 Å². The minimum absolute atomic E-state index is 0.543. The van der Waals surface area contributed by atoms with Crippen molar-refractivity contribution < 1.29 is 5.11 Å². The van der Waals surface area contributed by atoms with Gasteiger partial charge in [0.15, 0.2) is 0 Å². The van der Waals surface area contributed by atoms with E-state index in [0.29, 0.717) is 19.5 Å². The summed E-state index contributed by atoms with van der Waals surface area (Å²) < 4.78 is 1.87. The highest BCUT2D eigenvalue weighted by Gasteiger charge is 2.35. The van der Waals surface area contributed by atoms with Crippen LogP contribution in [0, 0.1) is 0 Å². The molecule has 1 aliphatic rings. The normalized spacial score (nSPS) is 19.4. The lowest BCUT2D eigenvalue weighted by Crippen LogP contribution is -2.60. The molecule has 4 nitrogen and oxygen atoms in total. The molecule has 0 aromatic carbocycles. The van der Waals surface area contributed by atoms with E-state index in [9.17, 15) is 5.11 Å². The SMILES string of the molecule is CCc1cc(CC2(O)CNC2)n(C)n1. The molecule has 78 valence electrons. The van der Waals surface area contributed by atoms with Crippen molar-refractivity contribution >= 4 is 0 Å². The number of β-amino-alcohol motifs (C(OH)–C–C–N with tert-alkyl or cyclic N) is 1. The van der Waals surface area contributed by atoms with E-state index in [2.05, 4.69) is 23.4 Å². The molecule has 1 aromatic heterocycles. The number of rotatable bonds is 3. The molecule has 1 fully saturated rings. The molecule has 0 radical (unpaired) electrons. The Labute approximate surface area is 83.9 Å². The van der Waals surface area contributed by atoms with Crippen molar-refractivity contribution in [2.75, 3.05) is 13.1 Å². The average Bonchev–Trinajstić information content (AvgIpc) is 2.45. The van der Waals surface area contributed by atoms with E-state index >= 15 is 0 Å². The fourth-order valence-corrected chi connectivity index (χ4v) is 1.79. The summed E-state index contributed by atoms with van der Waals surface area (Å²) in [5, 5.41) is 17.4. The van der Waals surface area contributed by atoms with Gasteiger partial charge in [0, 0.05) is 32.3 Å². The molecule has 2 heterocycles. The first kappa shape index (κ1) is 9.68. The molecule has 0 aliphatic carbocycles. The van der Waals surface area contributed by atoms with Crippen LogP contribution in [0.4, 0.5) is 0 Å². The highest BCUT2D eigenvalue weighted by molar-refractivity contribution is 5.14. The van der Waals surface area contributed by atoms with Crippen LogP contribution >= 0.6 is 0 Å². The zero-order valence-corrected chi connectivity index (χ0v) is 8.75. The third-order valence-corrected chi connectivity index (χ3v) is 2.81. The van der Waals surface area contributed by atoms with Gasteiger partial charge in [-0.15, -0.1) is 0 Å². The van der Waals surface area contributed by atoms with Gasteiger partial charge >= 0.3 is 0 Å². The summed E-state index contributed by atoms with van der Waals surface area (Å²) in [6.45, 7) is 3.48. The van der Waals surface area contributed by atoms with Gasteiger partial charge in [0.2, 0.25) is 0 Å². The van der Waals surface area contributed by atoms with Crippen LogP contribution < -0.4 is 5.32 Å². The highest BCUT2D eigenvalue weighted by Crippen LogP contribution is 2.18. The highest BCUT2D eigenvalue weighted by atomic mass is 16.3. The van der Waals surface area contributed by atoms with Gasteiger partial charge in [-0.3, -0.25) is 4.68 Å². The Bertz CT molecular complexity index is 328. The van der Waals surface area contributed by atoms with E-state index in [1.807, 2.05) is 11.7 Å². The fourth-order valence-electron chi connectivity index (χ4n) is 1.79. The maximum absolute atomic E-state index is 9.97. The van der Waals surface area contributed by atoms with Crippen molar-refractivity contribution in [2.45, 2.75) is 25.4 Å². The predicted octanol–water partition coefficient (Wildman–Crippen LogP) is -0.141. The second kappa shape index (κ2) is 3.37. The quantitative estimate of drug-likeness (QED) is 0.706. The van der Waals surface area contributed by atoms with Gasteiger partial charge in [-0.05, 0) is 12.5 Å². The van der Waals surface area contributed by atoms with Crippen LogP contribution in [0.15, 0.2) is 6.07 Å². The van der Waals surface area contributed by atoms with Crippen molar-refractivity contribution in [1.29, 1.82) is 0 Å². The molecule has 0 atom stereocenters. The monoisotopic (exact) mass is 195 g/mol. The Morgan fingerprint density at radius 1 is 1.64 bits per heavy atom. The summed E-state index contributed by atoms with van der Waals surface area (Å²) in [6, 6.07) is 2.08. The first-order valence-corrected chi connectivity index (χ1v) is 5.08. The second-order valence-electron chi connectivity index (χ2n) is 4.11. The number of aliphatic hydroxyl groups is 1. The molecule has 0 bridgehead atoms. The number of nitrogens with one attached hydrogen (secondary N) is 1. The molecule has 1 saturated heterocycles. The molecule has 4 heteroatoms. The first-order valence-electron chi connectivity index (χ1n) is 5.08. The maximum Gasteiger partial charge on any atom is 0.0950 e. The third kappa shape index (κ3) is 1.67. The Balaban J connectivity index is 2.11. The van der Waals surface area contributed by atoms with E-state index in [0.717, 1.165) is 17.8 Å². The molecule has 1 aromatic rings. The van der Waals surface area contributed by atoms with Gasteiger partial charge in [-0.2, -0.15) is 5.10 Å². The van der Waals surface area contributed by atoms with E-state index in [-0.39, 0.29) is 0 Å². The number of aromatic nitrogens is 2. The minimum Gasteiger partial charge on any atom is -0.387 e. The van der Waals surface area contributed by atoms with Crippen LogP contribution in [0.5, 0.6) is 0 Å². The van der Waals surface area contributed by atoms with Crippen molar-refractivity contribution in [2.24, 2.45) is 7.05 Å². The van der Waals surface area contributed by atoms with E-state index in [1.54, 1.807) is 0 Å². The molecule has 0 saturated carbocycles. The Morgan fingerprint density at radius 2 is 2.36 bits per heavy atom. The molecule has 2 rings (SSSR count). The molecule has 0 amide bonds. The average molecular weight is 195 g/mol. The van der Waals surface area contributed by atoms with Crippen molar-refractivity contribution in [3.05, 3.63) is 17.5 Å². The van der Waals surface area contributed by atoms with Crippen LogP contribution in [0.3, 0.4) is 0 Å². The lowest BCUT2D eigenvalue weighted by Gasteiger charge is -2.37. The zero-order chi connectivity index (χ0) is 10.2. The van der Waals surface area contributed by atoms with Crippen LogP contribution in [-0.4, -0.2) is 33.6 Å². The van der Waals surface area contributed by atoms with Crippen LogP contribution in [0.2, 0.25) is 0 Å². The van der Waals surface area contributed by atoms with Crippen LogP contribution in [-0.2, 0) is 19.9 Å². The molecule has 0 spiro atoms. The second-order valence-corrected chi connectivity index (χ2v) is 4.11. The van der Waals surface area contributed by atoms with Crippen LogP contribution in [0.25, 0.3) is 0 Å². The summed E-state index contributed by atoms with van der Waals surface area (Å²) in [4.78, 5) is 0. The molecule has 1 aliphatic heterocycles. The predicted molar refractivity (Wildman–Crippen MR) is 54.1 cm³/mol. The van der Waals surface area contributed by atoms with Crippen LogP contribution in [0.1, 0.15) is 18.3 Å².